The Morgan fingerprint density at radius 3 is 2.76 bits per heavy atom. The number of rotatable bonds is 9. The lowest BCUT2D eigenvalue weighted by atomic mass is 10.2. The van der Waals surface area contributed by atoms with Crippen molar-refractivity contribution in [3.63, 3.8) is 0 Å². The average Bonchev–Trinajstić information content (AvgIpc) is 3.44. The van der Waals surface area contributed by atoms with Gasteiger partial charge in [-0.05, 0) is 52.0 Å². The van der Waals surface area contributed by atoms with Crippen LogP contribution < -0.4 is 15.4 Å². The van der Waals surface area contributed by atoms with E-state index in [0.717, 1.165) is 42.5 Å². The molecule has 1 aromatic heterocycles. The van der Waals surface area contributed by atoms with Gasteiger partial charge in [-0.15, -0.1) is 0 Å². The van der Waals surface area contributed by atoms with Crippen LogP contribution in [-0.4, -0.2) is 49.2 Å². The van der Waals surface area contributed by atoms with E-state index in [1.165, 1.54) is 12.8 Å². The van der Waals surface area contributed by atoms with E-state index in [2.05, 4.69) is 45.7 Å². The van der Waals surface area contributed by atoms with Crippen LogP contribution in [-0.2, 0) is 0 Å². The zero-order valence-corrected chi connectivity index (χ0v) is 15.2. The Morgan fingerprint density at radius 1 is 1.20 bits per heavy atom. The Bertz CT molecular complexity index is 700. The summed E-state index contributed by atoms with van der Waals surface area (Å²) < 4.78 is 5.28. The molecule has 2 aromatic rings. The maximum absolute atomic E-state index is 5.28. The highest BCUT2D eigenvalue weighted by molar-refractivity contribution is 5.59. The van der Waals surface area contributed by atoms with E-state index in [-0.39, 0.29) is 0 Å². The van der Waals surface area contributed by atoms with E-state index in [4.69, 9.17) is 4.74 Å². The highest BCUT2D eigenvalue weighted by Crippen LogP contribution is 2.40. The lowest BCUT2D eigenvalue weighted by Gasteiger charge is -2.13. The van der Waals surface area contributed by atoms with Gasteiger partial charge in [0.25, 0.3) is 0 Å². The molecule has 0 radical (unpaired) electrons. The van der Waals surface area contributed by atoms with Crippen LogP contribution in [0.5, 0.6) is 5.75 Å². The molecule has 0 bridgehead atoms. The summed E-state index contributed by atoms with van der Waals surface area (Å²) in [7, 11) is 5.84. The van der Waals surface area contributed by atoms with Crippen molar-refractivity contribution < 1.29 is 4.74 Å². The highest BCUT2D eigenvalue weighted by Gasteiger charge is 2.26. The first kappa shape index (κ1) is 17.5. The summed E-state index contributed by atoms with van der Waals surface area (Å²) in [5, 5.41) is 6.73. The average molecular weight is 341 g/mol. The van der Waals surface area contributed by atoms with E-state index < -0.39 is 0 Å². The predicted octanol–water partition coefficient (Wildman–Crippen LogP) is 3.47. The molecule has 134 valence electrons. The second-order valence-corrected chi connectivity index (χ2v) is 6.72. The van der Waals surface area contributed by atoms with Gasteiger partial charge in [0.05, 0.1) is 12.8 Å². The first-order valence-electron chi connectivity index (χ1n) is 8.82. The molecule has 1 fully saturated rings. The highest BCUT2D eigenvalue weighted by atomic mass is 16.5. The molecule has 0 spiro atoms. The fraction of sp³-hybridized carbons (Fsp3) is 0.474. The Kier molecular flexibility index (Phi) is 5.71. The molecule has 1 heterocycles. The number of hydrogen-bond donors (Lipinski definition) is 2. The van der Waals surface area contributed by atoms with Crippen LogP contribution >= 0.6 is 0 Å². The Hall–Kier alpha value is -2.34. The zero-order chi connectivity index (χ0) is 17.6. The van der Waals surface area contributed by atoms with E-state index in [1.807, 2.05) is 24.3 Å². The molecule has 1 saturated carbocycles. The lowest BCUT2D eigenvalue weighted by molar-refractivity contribution is 0.405. The third kappa shape index (κ3) is 5.32. The smallest absolute Gasteiger partial charge is 0.224 e. The molecule has 25 heavy (non-hydrogen) atoms. The van der Waals surface area contributed by atoms with Crippen molar-refractivity contribution in [2.24, 2.45) is 0 Å². The molecule has 0 aliphatic heterocycles. The van der Waals surface area contributed by atoms with E-state index in [0.29, 0.717) is 11.9 Å². The second-order valence-electron chi connectivity index (χ2n) is 6.72. The van der Waals surface area contributed by atoms with Gasteiger partial charge in [-0.25, -0.2) is 4.98 Å². The van der Waals surface area contributed by atoms with Crippen molar-refractivity contribution >= 4 is 17.5 Å². The largest absolute Gasteiger partial charge is 0.497 e. The van der Waals surface area contributed by atoms with Crippen LogP contribution in [0.3, 0.4) is 0 Å². The van der Waals surface area contributed by atoms with Crippen molar-refractivity contribution in [2.45, 2.75) is 25.2 Å². The van der Waals surface area contributed by atoms with Gasteiger partial charge < -0.3 is 20.3 Å². The maximum Gasteiger partial charge on any atom is 0.224 e. The first-order chi connectivity index (χ1) is 12.1. The second kappa shape index (κ2) is 8.16. The molecule has 2 N–H and O–H groups in total. The number of methoxy groups -OCH3 is 1. The number of anilines is 3. The summed E-state index contributed by atoms with van der Waals surface area (Å²) in [5.41, 5.74) is 2.08. The fourth-order valence-corrected chi connectivity index (χ4v) is 2.64. The number of benzene rings is 1. The SMILES string of the molecule is COc1cccc(Nc2cc(C3CC3)nc(NCCCN(C)C)n2)c1. The van der Waals surface area contributed by atoms with Gasteiger partial charge >= 0.3 is 0 Å². The molecule has 3 rings (SSSR count). The molecular weight excluding hydrogens is 314 g/mol. The van der Waals surface area contributed by atoms with Crippen molar-refractivity contribution in [2.75, 3.05) is 44.9 Å². The molecule has 6 heteroatoms. The minimum Gasteiger partial charge on any atom is -0.497 e. The number of nitrogens with one attached hydrogen (secondary N) is 2. The molecule has 1 aliphatic carbocycles. The minimum atomic E-state index is 0.580. The molecule has 1 aromatic carbocycles. The van der Waals surface area contributed by atoms with Crippen LogP contribution in [0, 0.1) is 0 Å². The fourth-order valence-electron chi connectivity index (χ4n) is 2.64. The van der Waals surface area contributed by atoms with Gasteiger partial charge in [0, 0.05) is 30.3 Å². The first-order valence-corrected chi connectivity index (χ1v) is 8.82. The quantitative estimate of drug-likeness (QED) is 0.681. The van der Waals surface area contributed by atoms with Gasteiger partial charge in [0.2, 0.25) is 5.95 Å². The van der Waals surface area contributed by atoms with E-state index in [9.17, 15) is 0 Å². The third-order valence-electron chi connectivity index (χ3n) is 4.15. The minimum absolute atomic E-state index is 0.580. The predicted molar refractivity (Wildman–Crippen MR) is 102 cm³/mol. The third-order valence-corrected chi connectivity index (χ3v) is 4.15. The summed E-state index contributed by atoms with van der Waals surface area (Å²) >= 11 is 0. The molecule has 0 amide bonds. The van der Waals surface area contributed by atoms with Gasteiger partial charge in [-0.3, -0.25) is 0 Å². The van der Waals surface area contributed by atoms with Gasteiger partial charge in [0.1, 0.15) is 11.6 Å². The zero-order valence-electron chi connectivity index (χ0n) is 15.2. The molecule has 0 unspecified atom stereocenters. The van der Waals surface area contributed by atoms with Gasteiger partial charge in [-0.2, -0.15) is 4.98 Å². The summed E-state index contributed by atoms with van der Waals surface area (Å²) in [6.45, 7) is 1.91. The Labute approximate surface area is 149 Å². The Morgan fingerprint density at radius 2 is 2.04 bits per heavy atom. The summed E-state index contributed by atoms with van der Waals surface area (Å²) in [4.78, 5) is 11.5. The van der Waals surface area contributed by atoms with Crippen molar-refractivity contribution in [3.05, 3.63) is 36.0 Å². The monoisotopic (exact) mass is 341 g/mol. The normalized spacial score (nSPS) is 13.8. The van der Waals surface area contributed by atoms with Crippen LogP contribution in [0.4, 0.5) is 17.5 Å². The molecule has 6 nitrogen and oxygen atoms in total. The molecule has 0 saturated heterocycles. The van der Waals surface area contributed by atoms with Crippen molar-refractivity contribution in [1.82, 2.24) is 14.9 Å². The van der Waals surface area contributed by atoms with Crippen molar-refractivity contribution in [3.8, 4) is 5.75 Å². The number of nitrogens with zero attached hydrogens (tertiary/aromatic N) is 3. The van der Waals surface area contributed by atoms with Gasteiger partial charge in [-0.1, -0.05) is 6.07 Å². The van der Waals surface area contributed by atoms with Crippen LogP contribution in [0.15, 0.2) is 30.3 Å². The van der Waals surface area contributed by atoms with Crippen LogP contribution in [0.1, 0.15) is 30.9 Å². The summed E-state index contributed by atoms with van der Waals surface area (Å²) in [6, 6.07) is 9.92. The number of hydrogen-bond acceptors (Lipinski definition) is 6. The summed E-state index contributed by atoms with van der Waals surface area (Å²) in [6.07, 6.45) is 3.49. The van der Waals surface area contributed by atoms with Gasteiger partial charge in [0.15, 0.2) is 0 Å². The van der Waals surface area contributed by atoms with Crippen LogP contribution in [0.25, 0.3) is 0 Å². The molecule has 1 aliphatic rings. The van der Waals surface area contributed by atoms with E-state index >= 15 is 0 Å². The van der Waals surface area contributed by atoms with Crippen molar-refractivity contribution in [1.29, 1.82) is 0 Å². The number of ether oxygens (including phenoxy) is 1. The lowest BCUT2D eigenvalue weighted by Crippen LogP contribution is -2.17. The Balaban J connectivity index is 1.71. The van der Waals surface area contributed by atoms with Crippen LogP contribution in [0.2, 0.25) is 0 Å². The van der Waals surface area contributed by atoms with E-state index in [1.54, 1.807) is 7.11 Å². The molecule has 0 atom stereocenters. The standard InChI is InChI=1S/C19H27N5O/c1-24(2)11-5-10-20-19-22-17(14-8-9-14)13-18(23-19)21-15-6-4-7-16(12-15)25-3/h4,6-7,12-14H,5,8-11H2,1-3H3,(H2,20,21,22,23). The molecular formula is C19H27N5O. The number of aromatic nitrogens is 2. The topological polar surface area (TPSA) is 62.3 Å². The maximum atomic E-state index is 5.28. The summed E-state index contributed by atoms with van der Waals surface area (Å²) in [5.74, 6) is 2.92.